The second kappa shape index (κ2) is 7.06. The van der Waals surface area contributed by atoms with Crippen LogP contribution in [0.2, 0.25) is 0 Å². The zero-order valence-electron chi connectivity index (χ0n) is 11.7. The van der Waals surface area contributed by atoms with Crippen molar-refractivity contribution in [3.63, 3.8) is 0 Å². The lowest BCUT2D eigenvalue weighted by Crippen LogP contribution is -2.16. The second-order valence-corrected chi connectivity index (χ2v) is 4.63. The molecule has 0 amide bonds. The summed E-state index contributed by atoms with van der Waals surface area (Å²) in [5.74, 6) is 7.51. The Morgan fingerprint density at radius 3 is 2.89 bits per heavy atom. The number of hydrogen-bond acceptors (Lipinski definition) is 3. The molecule has 0 saturated heterocycles. The van der Waals surface area contributed by atoms with Crippen LogP contribution >= 0.6 is 0 Å². The first-order chi connectivity index (χ1) is 9.35. The predicted octanol–water partition coefficient (Wildman–Crippen LogP) is 2.74. The summed E-state index contributed by atoms with van der Waals surface area (Å²) >= 11 is 0. The Morgan fingerprint density at radius 2 is 2.21 bits per heavy atom. The molecule has 0 aliphatic heterocycles. The molecule has 1 aromatic rings. The first kappa shape index (κ1) is 13.8. The van der Waals surface area contributed by atoms with Gasteiger partial charge in [0.15, 0.2) is 11.5 Å². The van der Waals surface area contributed by atoms with E-state index in [0.717, 1.165) is 30.0 Å². The van der Waals surface area contributed by atoms with Crippen LogP contribution < -0.4 is 14.8 Å². The van der Waals surface area contributed by atoms with Gasteiger partial charge in [-0.1, -0.05) is 12.1 Å². The summed E-state index contributed by atoms with van der Waals surface area (Å²) in [5, 5.41) is 3.50. The summed E-state index contributed by atoms with van der Waals surface area (Å²) in [4.78, 5) is 0. The van der Waals surface area contributed by atoms with Gasteiger partial charge in [0, 0.05) is 24.6 Å². The topological polar surface area (TPSA) is 30.5 Å². The third-order valence-corrected chi connectivity index (χ3v) is 3.09. The highest BCUT2D eigenvalue weighted by molar-refractivity contribution is 5.46. The molecule has 1 N–H and O–H groups in total. The summed E-state index contributed by atoms with van der Waals surface area (Å²) in [6, 6.07) is 6.70. The number of nitrogens with one attached hydrogen (secondary N) is 1. The summed E-state index contributed by atoms with van der Waals surface area (Å²) in [7, 11) is 1.67. The van der Waals surface area contributed by atoms with E-state index < -0.39 is 0 Å². The first-order valence-electron chi connectivity index (χ1n) is 6.77. The SMILES string of the molecule is CC#CCCOc1c(CNC2CC2)cccc1OC. The van der Waals surface area contributed by atoms with Gasteiger partial charge in [0.25, 0.3) is 0 Å². The van der Waals surface area contributed by atoms with Gasteiger partial charge in [-0.05, 0) is 25.8 Å². The Labute approximate surface area is 115 Å². The number of ether oxygens (including phenoxy) is 2. The molecular weight excluding hydrogens is 238 g/mol. The molecule has 3 heteroatoms. The maximum atomic E-state index is 5.85. The molecule has 0 spiro atoms. The molecule has 0 aromatic heterocycles. The number of benzene rings is 1. The molecule has 0 heterocycles. The van der Waals surface area contributed by atoms with Gasteiger partial charge in [-0.25, -0.2) is 0 Å². The molecule has 1 saturated carbocycles. The Hall–Kier alpha value is -1.66. The summed E-state index contributed by atoms with van der Waals surface area (Å²) in [5.41, 5.74) is 1.15. The minimum atomic E-state index is 0.595. The summed E-state index contributed by atoms with van der Waals surface area (Å²) in [6.07, 6.45) is 3.31. The highest BCUT2D eigenvalue weighted by Gasteiger charge is 2.21. The molecule has 102 valence electrons. The Morgan fingerprint density at radius 1 is 1.37 bits per heavy atom. The molecule has 19 heavy (non-hydrogen) atoms. The Balaban J connectivity index is 2.02. The first-order valence-corrected chi connectivity index (χ1v) is 6.77. The van der Waals surface area contributed by atoms with E-state index in [4.69, 9.17) is 9.47 Å². The quantitative estimate of drug-likeness (QED) is 0.603. The molecule has 3 nitrogen and oxygen atoms in total. The minimum Gasteiger partial charge on any atom is -0.493 e. The van der Waals surface area contributed by atoms with Crippen molar-refractivity contribution in [2.45, 2.75) is 38.8 Å². The van der Waals surface area contributed by atoms with E-state index in [0.29, 0.717) is 12.6 Å². The van der Waals surface area contributed by atoms with Gasteiger partial charge in [0.05, 0.1) is 13.7 Å². The van der Waals surface area contributed by atoms with Crippen LogP contribution in [-0.4, -0.2) is 19.8 Å². The van der Waals surface area contributed by atoms with Crippen molar-refractivity contribution in [2.24, 2.45) is 0 Å². The van der Waals surface area contributed by atoms with E-state index >= 15 is 0 Å². The zero-order valence-corrected chi connectivity index (χ0v) is 11.7. The second-order valence-electron chi connectivity index (χ2n) is 4.63. The average molecular weight is 259 g/mol. The third kappa shape index (κ3) is 4.18. The Bertz CT molecular complexity index is 469. The molecule has 1 aliphatic rings. The van der Waals surface area contributed by atoms with Crippen LogP contribution in [0.5, 0.6) is 11.5 Å². The predicted molar refractivity (Wildman–Crippen MR) is 76.4 cm³/mol. The maximum absolute atomic E-state index is 5.85. The minimum absolute atomic E-state index is 0.595. The highest BCUT2D eigenvalue weighted by Crippen LogP contribution is 2.32. The smallest absolute Gasteiger partial charge is 0.165 e. The fourth-order valence-corrected chi connectivity index (χ4v) is 1.90. The molecule has 0 unspecified atom stereocenters. The number of hydrogen-bond donors (Lipinski definition) is 1. The van der Waals surface area contributed by atoms with Crippen molar-refractivity contribution < 1.29 is 9.47 Å². The molecule has 1 aromatic carbocycles. The molecular formula is C16H21NO2. The van der Waals surface area contributed by atoms with Crippen molar-refractivity contribution in [3.05, 3.63) is 23.8 Å². The van der Waals surface area contributed by atoms with Gasteiger partial charge in [0.2, 0.25) is 0 Å². The van der Waals surface area contributed by atoms with E-state index in [1.54, 1.807) is 7.11 Å². The van der Waals surface area contributed by atoms with Crippen molar-refractivity contribution in [3.8, 4) is 23.3 Å². The molecule has 0 bridgehead atoms. The summed E-state index contributed by atoms with van der Waals surface area (Å²) < 4.78 is 11.2. The van der Waals surface area contributed by atoms with Crippen LogP contribution in [0.25, 0.3) is 0 Å². The van der Waals surface area contributed by atoms with E-state index in [9.17, 15) is 0 Å². The lowest BCUT2D eigenvalue weighted by molar-refractivity contribution is 0.297. The monoisotopic (exact) mass is 259 g/mol. The number of rotatable bonds is 7. The van der Waals surface area contributed by atoms with Gasteiger partial charge in [-0.3, -0.25) is 0 Å². The van der Waals surface area contributed by atoms with Crippen molar-refractivity contribution >= 4 is 0 Å². The van der Waals surface area contributed by atoms with Crippen molar-refractivity contribution in [1.82, 2.24) is 5.32 Å². The largest absolute Gasteiger partial charge is 0.493 e. The van der Waals surface area contributed by atoms with Gasteiger partial charge in [0.1, 0.15) is 0 Å². The third-order valence-electron chi connectivity index (χ3n) is 3.09. The van der Waals surface area contributed by atoms with E-state index in [2.05, 4.69) is 23.2 Å². The van der Waals surface area contributed by atoms with Gasteiger partial charge in [-0.15, -0.1) is 11.8 Å². The van der Waals surface area contributed by atoms with E-state index in [1.807, 2.05) is 19.1 Å². The van der Waals surface area contributed by atoms with Crippen LogP contribution in [0.15, 0.2) is 18.2 Å². The van der Waals surface area contributed by atoms with Crippen LogP contribution in [0.4, 0.5) is 0 Å². The van der Waals surface area contributed by atoms with Crippen LogP contribution in [0.3, 0.4) is 0 Å². The van der Waals surface area contributed by atoms with Crippen LogP contribution in [0.1, 0.15) is 31.7 Å². The standard InChI is InChI=1S/C16H21NO2/c1-3-4-5-11-19-16-13(12-17-14-9-10-14)7-6-8-15(16)18-2/h6-8,14,17H,5,9-12H2,1-2H3. The molecule has 1 fully saturated rings. The molecule has 1 aliphatic carbocycles. The fourth-order valence-electron chi connectivity index (χ4n) is 1.90. The molecule has 2 rings (SSSR count). The normalized spacial score (nSPS) is 13.6. The van der Waals surface area contributed by atoms with Crippen molar-refractivity contribution in [1.29, 1.82) is 0 Å². The highest BCUT2D eigenvalue weighted by atomic mass is 16.5. The maximum Gasteiger partial charge on any atom is 0.165 e. The van der Waals surface area contributed by atoms with E-state index in [1.165, 1.54) is 12.8 Å². The van der Waals surface area contributed by atoms with Gasteiger partial charge >= 0.3 is 0 Å². The average Bonchev–Trinajstić information content (AvgIpc) is 3.26. The van der Waals surface area contributed by atoms with Crippen molar-refractivity contribution in [2.75, 3.05) is 13.7 Å². The fraction of sp³-hybridized carbons (Fsp3) is 0.500. The number of para-hydroxylation sites is 1. The Kier molecular flexibility index (Phi) is 5.11. The van der Waals surface area contributed by atoms with E-state index in [-0.39, 0.29) is 0 Å². The summed E-state index contributed by atoms with van der Waals surface area (Å²) in [6.45, 7) is 3.27. The van der Waals surface area contributed by atoms with Gasteiger partial charge in [-0.2, -0.15) is 0 Å². The molecule has 0 radical (unpaired) electrons. The lowest BCUT2D eigenvalue weighted by Gasteiger charge is -2.14. The zero-order chi connectivity index (χ0) is 13.5. The lowest BCUT2D eigenvalue weighted by atomic mass is 10.2. The van der Waals surface area contributed by atoms with Crippen LogP contribution in [0, 0.1) is 11.8 Å². The van der Waals surface area contributed by atoms with Gasteiger partial charge < -0.3 is 14.8 Å². The molecule has 0 atom stereocenters. The van der Waals surface area contributed by atoms with Crippen LogP contribution in [-0.2, 0) is 6.54 Å². The number of methoxy groups -OCH3 is 1.